The fourth-order valence-corrected chi connectivity index (χ4v) is 6.92. The first kappa shape index (κ1) is 38.9. The molecule has 2 fully saturated rings. The van der Waals surface area contributed by atoms with E-state index in [0.29, 0.717) is 43.9 Å². The Hall–Kier alpha value is -3.33. The number of aliphatic hydroxyl groups excluding tert-OH is 1. The van der Waals surface area contributed by atoms with Gasteiger partial charge in [0.25, 0.3) is 0 Å². The lowest BCUT2D eigenvalue weighted by Gasteiger charge is -2.25. The van der Waals surface area contributed by atoms with E-state index in [1.165, 1.54) is 13.0 Å². The third kappa shape index (κ3) is 14.4. The zero-order valence-electron chi connectivity index (χ0n) is 27.4. The molecule has 0 radical (unpaired) electrons. The fourth-order valence-electron chi connectivity index (χ4n) is 5.38. The first-order valence-corrected chi connectivity index (χ1v) is 17.3. The number of carbonyl (C=O) groups excluding carboxylic acids is 6. The van der Waals surface area contributed by atoms with Gasteiger partial charge in [0.1, 0.15) is 12.1 Å². The van der Waals surface area contributed by atoms with Crippen molar-refractivity contribution in [1.29, 1.82) is 0 Å². The van der Waals surface area contributed by atoms with Gasteiger partial charge < -0.3 is 41.7 Å². The molecule has 15 heteroatoms. The molecule has 0 aliphatic carbocycles. The van der Waals surface area contributed by atoms with Gasteiger partial charge in [-0.05, 0) is 51.4 Å². The second kappa shape index (κ2) is 20.7. The van der Waals surface area contributed by atoms with Crippen LogP contribution in [0.4, 0.5) is 4.79 Å². The van der Waals surface area contributed by atoms with Gasteiger partial charge in [0.05, 0.1) is 31.3 Å². The lowest BCUT2D eigenvalue weighted by atomic mass is 10.0. The molecular formula is C31H52N6O8S. The molecule has 0 aromatic heterocycles. The summed E-state index contributed by atoms with van der Waals surface area (Å²) < 4.78 is 4.82. The zero-order chi connectivity index (χ0) is 34.1. The maximum atomic E-state index is 13.2. The number of hydrogen-bond acceptors (Lipinski definition) is 9. The Morgan fingerprint density at radius 1 is 1.02 bits per heavy atom. The Labute approximate surface area is 275 Å². The van der Waals surface area contributed by atoms with Gasteiger partial charge in [-0.15, -0.1) is 0 Å². The molecule has 2 saturated heterocycles. The minimum atomic E-state index is -0.935. The average molecular weight is 669 g/mol. The molecule has 2 rings (SSSR count). The average Bonchev–Trinajstić information content (AvgIpc) is 3.54. The standard InChI is InChI=1S/C31H52N6O8S/c1-5-45-27(41)14-13-21(17-38)34-30(43)23(16-19(2)3)35-29(42)22(33-20(4)39)10-8-9-15-32-26(40)12-7-6-11-25-28-24(18-46-25)36-31(44)37-28/h13-14,19,21-25,28,38H,5-12,15-18H2,1-4H3,(H,32,40)(H,33,39)(H,34,43)(H,35,42)(H2,36,37,44)/b14-13+/t21-,22+,23+,24+,25+,28+/m1/s1. The molecule has 0 bridgehead atoms. The van der Waals surface area contributed by atoms with Gasteiger partial charge in [-0.1, -0.05) is 26.3 Å². The van der Waals surface area contributed by atoms with E-state index in [4.69, 9.17) is 4.74 Å². The first-order valence-electron chi connectivity index (χ1n) is 16.2. The molecule has 7 N–H and O–H groups in total. The van der Waals surface area contributed by atoms with E-state index in [2.05, 4.69) is 31.9 Å². The molecule has 46 heavy (non-hydrogen) atoms. The van der Waals surface area contributed by atoms with Gasteiger partial charge in [0.2, 0.25) is 23.6 Å². The van der Waals surface area contributed by atoms with Gasteiger partial charge in [-0.2, -0.15) is 11.8 Å². The molecule has 2 heterocycles. The third-order valence-electron chi connectivity index (χ3n) is 7.63. The second-order valence-electron chi connectivity index (χ2n) is 12.1. The monoisotopic (exact) mass is 668 g/mol. The molecule has 6 amide bonds. The van der Waals surface area contributed by atoms with Crippen LogP contribution in [0, 0.1) is 5.92 Å². The minimum absolute atomic E-state index is 0.0373. The summed E-state index contributed by atoms with van der Waals surface area (Å²) in [7, 11) is 0. The molecule has 0 saturated carbocycles. The summed E-state index contributed by atoms with van der Waals surface area (Å²) in [6.07, 6.45) is 7.24. The van der Waals surface area contributed by atoms with E-state index < -0.39 is 42.5 Å². The number of esters is 1. The lowest BCUT2D eigenvalue weighted by molar-refractivity contribution is -0.137. The Balaban J connectivity index is 1.76. The number of thioether (sulfide) groups is 1. The van der Waals surface area contributed by atoms with E-state index in [-0.39, 0.29) is 42.5 Å². The number of carbonyl (C=O) groups is 6. The smallest absolute Gasteiger partial charge is 0.330 e. The molecule has 2 aliphatic rings. The largest absolute Gasteiger partial charge is 0.463 e. The number of rotatable bonds is 21. The van der Waals surface area contributed by atoms with Crippen molar-refractivity contribution in [1.82, 2.24) is 31.9 Å². The molecule has 14 nitrogen and oxygen atoms in total. The van der Waals surface area contributed by atoms with Crippen molar-refractivity contribution >= 4 is 47.4 Å². The highest BCUT2D eigenvalue weighted by Gasteiger charge is 2.42. The summed E-state index contributed by atoms with van der Waals surface area (Å²) in [5.41, 5.74) is 0. The van der Waals surface area contributed by atoms with Crippen molar-refractivity contribution in [3.63, 3.8) is 0 Å². The van der Waals surface area contributed by atoms with Crippen LogP contribution >= 0.6 is 11.8 Å². The highest BCUT2D eigenvalue weighted by Crippen LogP contribution is 2.33. The molecule has 260 valence electrons. The van der Waals surface area contributed by atoms with E-state index >= 15 is 0 Å². The Kier molecular flexibility index (Phi) is 17.5. The normalized spacial score (nSPS) is 20.7. The van der Waals surface area contributed by atoms with Crippen LogP contribution in [0.3, 0.4) is 0 Å². The lowest BCUT2D eigenvalue weighted by Crippen LogP contribution is -2.55. The predicted octanol–water partition coefficient (Wildman–Crippen LogP) is 0.631. The van der Waals surface area contributed by atoms with Crippen molar-refractivity contribution in [2.45, 2.75) is 115 Å². The maximum absolute atomic E-state index is 13.2. The number of hydrogen-bond donors (Lipinski definition) is 7. The Bertz CT molecular complexity index is 1070. The number of aliphatic hydroxyl groups is 1. The third-order valence-corrected chi connectivity index (χ3v) is 9.14. The van der Waals surface area contributed by atoms with Crippen LogP contribution in [0.15, 0.2) is 12.2 Å². The van der Waals surface area contributed by atoms with Crippen molar-refractivity contribution in [2.24, 2.45) is 5.92 Å². The van der Waals surface area contributed by atoms with E-state index in [9.17, 15) is 33.9 Å². The van der Waals surface area contributed by atoms with Gasteiger partial charge in [-0.25, -0.2) is 9.59 Å². The molecule has 0 spiro atoms. The van der Waals surface area contributed by atoms with E-state index in [1.54, 1.807) is 6.92 Å². The van der Waals surface area contributed by atoms with Crippen LogP contribution in [0.5, 0.6) is 0 Å². The summed E-state index contributed by atoms with van der Waals surface area (Å²) in [6, 6.07) is -2.41. The molecule has 2 aliphatic heterocycles. The van der Waals surface area contributed by atoms with Crippen LogP contribution in [-0.4, -0.2) is 102 Å². The van der Waals surface area contributed by atoms with Gasteiger partial charge in [0.15, 0.2) is 0 Å². The van der Waals surface area contributed by atoms with Crippen LogP contribution < -0.4 is 31.9 Å². The summed E-state index contributed by atoms with van der Waals surface area (Å²) in [5.74, 6) is -1.12. The predicted molar refractivity (Wildman–Crippen MR) is 175 cm³/mol. The van der Waals surface area contributed by atoms with Crippen LogP contribution in [0.25, 0.3) is 0 Å². The summed E-state index contributed by atoms with van der Waals surface area (Å²) in [6.45, 7) is 6.93. The number of ether oxygens (including phenoxy) is 1. The van der Waals surface area contributed by atoms with Gasteiger partial charge in [0, 0.05) is 37.0 Å². The SMILES string of the molecule is CCOC(=O)/C=C/[C@H](CO)NC(=O)[C@H](CC(C)C)NC(=O)[C@H](CCCCNC(=O)CCCC[C@@H]1SC[C@@H]2NC(=O)N[C@@H]21)NC(C)=O. The Morgan fingerprint density at radius 2 is 1.76 bits per heavy atom. The van der Waals surface area contributed by atoms with Crippen molar-refractivity contribution in [3.8, 4) is 0 Å². The quantitative estimate of drug-likeness (QED) is 0.0396. The number of urea groups is 1. The maximum Gasteiger partial charge on any atom is 0.330 e. The number of nitrogens with one attached hydrogen (secondary N) is 6. The molecule has 0 aromatic rings. The van der Waals surface area contributed by atoms with E-state index in [0.717, 1.165) is 31.1 Å². The minimum Gasteiger partial charge on any atom is -0.463 e. The molecule has 0 unspecified atom stereocenters. The highest BCUT2D eigenvalue weighted by molar-refractivity contribution is 8.00. The van der Waals surface area contributed by atoms with Crippen molar-refractivity contribution in [3.05, 3.63) is 12.2 Å². The van der Waals surface area contributed by atoms with Crippen LogP contribution in [0.1, 0.15) is 79.1 Å². The number of fused-ring (bicyclic) bond motifs is 1. The molecular weight excluding hydrogens is 616 g/mol. The highest BCUT2D eigenvalue weighted by atomic mass is 32.2. The van der Waals surface area contributed by atoms with Gasteiger partial charge in [-0.3, -0.25) is 19.2 Å². The molecule has 0 aromatic carbocycles. The van der Waals surface area contributed by atoms with E-state index in [1.807, 2.05) is 25.6 Å². The first-order chi connectivity index (χ1) is 21.9. The van der Waals surface area contributed by atoms with Crippen LogP contribution in [-0.2, 0) is 28.7 Å². The van der Waals surface area contributed by atoms with Gasteiger partial charge >= 0.3 is 12.0 Å². The summed E-state index contributed by atoms with van der Waals surface area (Å²) in [4.78, 5) is 73.5. The number of unbranched alkanes of at least 4 members (excludes halogenated alkanes) is 2. The number of amides is 6. The molecule has 6 atom stereocenters. The Morgan fingerprint density at radius 3 is 2.43 bits per heavy atom. The van der Waals surface area contributed by atoms with Crippen LogP contribution in [0.2, 0.25) is 0 Å². The second-order valence-corrected chi connectivity index (χ2v) is 13.3. The summed E-state index contributed by atoms with van der Waals surface area (Å²) >= 11 is 1.86. The fraction of sp³-hybridized carbons (Fsp3) is 0.742. The topological polar surface area (TPSA) is 204 Å². The summed E-state index contributed by atoms with van der Waals surface area (Å²) in [5, 5.41) is 26.9. The van der Waals surface area contributed by atoms with Crippen molar-refractivity contribution < 1.29 is 38.6 Å². The zero-order valence-corrected chi connectivity index (χ0v) is 28.2. The van der Waals surface area contributed by atoms with Crippen molar-refractivity contribution in [2.75, 3.05) is 25.5 Å².